The van der Waals surface area contributed by atoms with Gasteiger partial charge in [0.25, 0.3) is 0 Å². The van der Waals surface area contributed by atoms with Crippen LogP contribution in [0.4, 0.5) is 5.82 Å². The van der Waals surface area contributed by atoms with Crippen LogP contribution in [-0.2, 0) is 0 Å². The molecule has 0 N–H and O–H groups in total. The molecule has 7 heteroatoms. The zero-order valence-corrected chi connectivity index (χ0v) is 11.6. The van der Waals surface area contributed by atoms with Gasteiger partial charge in [0.1, 0.15) is 0 Å². The molecule has 0 amide bonds. The van der Waals surface area contributed by atoms with E-state index in [0.717, 1.165) is 4.90 Å². The Bertz CT molecular complexity index is 803. The number of hydrogen-bond donors (Lipinski definition) is 0. The van der Waals surface area contributed by atoms with Gasteiger partial charge in [-0.05, 0) is 23.1 Å². The molecular weight excluding hydrogens is 298 g/mol. The van der Waals surface area contributed by atoms with Crippen LogP contribution in [0.2, 0.25) is 5.02 Å². The lowest BCUT2D eigenvalue weighted by molar-refractivity contribution is -0.393. The molecule has 0 aliphatic rings. The lowest BCUT2D eigenvalue weighted by Gasteiger charge is -2.01. The normalized spacial score (nSPS) is 10.8. The molecular formula is C13H8ClN3O2S. The van der Waals surface area contributed by atoms with Crippen molar-refractivity contribution in [1.82, 2.24) is 9.38 Å². The van der Waals surface area contributed by atoms with Gasteiger partial charge in [0.2, 0.25) is 5.65 Å². The molecule has 3 rings (SSSR count). The molecule has 0 spiro atoms. The number of halogens is 1. The average molecular weight is 306 g/mol. The Morgan fingerprint density at radius 1 is 1.20 bits per heavy atom. The van der Waals surface area contributed by atoms with Gasteiger partial charge in [0.05, 0.1) is 11.2 Å². The number of rotatable bonds is 3. The van der Waals surface area contributed by atoms with Crippen molar-refractivity contribution in [2.45, 2.75) is 9.92 Å². The molecule has 0 aliphatic heterocycles. The van der Waals surface area contributed by atoms with Crippen LogP contribution in [0.3, 0.4) is 0 Å². The van der Waals surface area contributed by atoms with Crippen molar-refractivity contribution in [3.8, 4) is 0 Å². The number of hydrogen-bond acceptors (Lipinski definition) is 4. The molecule has 0 atom stereocenters. The first kappa shape index (κ1) is 13.0. The number of aromatic nitrogens is 2. The smallest absolute Gasteiger partial charge is 0.358 e. The average Bonchev–Trinajstić information content (AvgIpc) is 2.79. The summed E-state index contributed by atoms with van der Waals surface area (Å²) in [6.45, 7) is 0. The Hall–Kier alpha value is -2.05. The Balaban J connectivity index is 2.14. The van der Waals surface area contributed by atoms with Crippen molar-refractivity contribution in [2.24, 2.45) is 0 Å². The van der Waals surface area contributed by atoms with Crippen molar-refractivity contribution >= 4 is 34.8 Å². The summed E-state index contributed by atoms with van der Waals surface area (Å²) in [4.78, 5) is 15.9. The molecule has 2 aromatic heterocycles. The standard InChI is InChI=1S/C13H8ClN3O2S/c14-9-5-1-2-6-10(9)20-12-13(17(18)19)16-8-4-3-7-11(16)15-12/h1-8H. The lowest BCUT2D eigenvalue weighted by atomic mass is 10.4. The second-order valence-electron chi connectivity index (χ2n) is 3.96. The summed E-state index contributed by atoms with van der Waals surface area (Å²) in [6.07, 6.45) is 1.62. The number of pyridine rings is 1. The van der Waals surface area contributed by atoms with Gasteiger partial charge < -0.3 is 10.1 Å². The van der Waals surface area contributed by atoms with Crippen LogP contribution in [-0.4, -0.2) is 14.3 Å². The zero-order chi connectivity index (χ0) is 14.1. The Labute approximate surface area is 123 Å². The molecule has 0 aliphatic carbocycles. The molecule has 0 saturated heterocycles. The number of fused-ring (bicyclic) bond motifs is 1. The van der Waals surface area contributed by atoms with E-state index in [1.807, 2.05) is 12.1 Å². The molecule has 0 unspecified atom stereocenters. The maximum Gasteiger partial charge on any atom is 0.362 e. The van der Waals surface area contributed by atoms with E-state index < -0.39 is 4.92 Å². The van der Waals surface area contributed by atoms with Crippen LogP contribution in [0.1, 0.15) is 0 Å². The van der Waals surface area contributed by atoms with E-state index in [4.69, 9.17) is 11.6 Å². The van der Waals surface area contributed by atoms with E-state index >= 15 is 0 Å². The van der Waals surface area contributed by atoms with Gasteiger partial charge in [0.15, 0.2) is 5.03 Å². The van der Waals surface area contributed by atoms with Crippen molar-refractivity contribution in [3.63, 3.8) is 0 Å². The Kier molecular flexibility index (Phi) is 3.33. The van der Waals surface area contributed by atoms with Crippen LogP contribution in [0, 0.1) is 10.1 Å². The molecule has 3 aromatic rings. The zero-order valence-electron chi connectivity index (χ0n) is 10.1. The quantitative estimate of drug-likeness (QED) is 0.541. The third-order valence-electron chi connectivity index (χ3n) is 2.69. The predicted molar refractivity (Wildman–Crippen MR) is 77.4 cm³/mol. The summed E-state index contributed by atoms with van der Waals surface area (Å²) in [6, 6.07) is 12.4. The first-order valence-corrected chi connectivity index (χ1v) is 6.90. The summed E-state index contributed by atoms with van der Waals surface area (Å²) < 4.78 is 1.46. The molecule has 2 heterocycles. The third kappa shape index (κ3) is 2.23. The number of nitro groups is 1. The minimum absolute atomic E-state index is 0.0504. The van der Waals surface area contributed by atoms with E-state index in [1.54, 1.807) is 36.5 Å². The molecule has 0 saturated carbocycles. The minimum atomic E-state index is -0.431. The predicted octanol–water partition coefficient (Wildman–Crippen LogP) is 4.05. The first-order chi connectivity index (χ1) is 9.66. The summed E-state index contributed by atoms with van der Waals surface area (Å²) in [5.74, 6) is -0.0504. The summed E-state index contributed by atoms with van der Waals surface area (Å²) in [5.41, 5.74) is 0.536. The maximum atomic E-state index is 11.3. The molecule has 0 radical (unpaired) electrons. The van der Waals surface area contributed by atoms with Crippen molar-refractivity contribution < 1.29 is 4.92 Å². The van der Waals surface area contributed by atoms with E-state index in [1.165, 1.54) is 16.2 Å². The highest BCUT2D eigenvalue weighted by Gasteiger charge is 2.23. The van der Waals surface area contributed by atoms with Crippen molar-refractivity contribution in [3.05, 3.63) is 63.8 Å². The minimum Gasteiger partial charge on any atom is -0.358 e. The van der Waals surface area contributed by atoms with Crippen LogP contribution < -0.4 is 0 Å². The number of imidazole rings is 1. The summed E-state index contributed by atoms with van der Waals surface area (Å²) >= 11 is 7.27. The largest absolute Gasteiger partial charge is 0.362 e. The summed E-state index contributed by atoms with van der Waals surface area (Å²) in [5, 5.41) is 12.1. The van der Waals surface area contributed by atoms with E-state index in [2.05, 4.69) is 4.98 Å². The molecule has 0 fully saturated rings. The van der Waals surface area contributed by atoms with Gasteiger partial charge in [-0.2, -0.15) is 9.38 Å². The molecule has 100 valence electrons. The monoisotopic (exact) mass is 305 g/mol. The topological polar surface area (TPSA) is 60.4 Å². The van der Waals surface area contributed by atoms with E-state index in [9.17, 15) is 10.1 Å². The van der Waals surface area contributed by atoms with Gasteiger partial charge in [-0.15, -0.1) is 0 Å². The van der Waals surface area contributed by atoms with Gasteiger partial charge in [-0.1, -0.05) is 41.6 Å². The molecule has 1 aromatic carbocycles. The molecule has 20 heavy (non-hydrogen) atoms. The Morgan fingerprint density at radius 2 is 1.95 bits per heavy atom. The van der Waals surface area contributed by atoms with E-state index in [0.29, 0.717) is 15.7 Å². The van der Waals surface area contributed by atoms with E-state index in [-0.39, 0.29) is 5.82 Å². The maximum absolute atomic E-state index is 11.3. The number of nitrogens with zero attached hydrogens (tertiary/aromatic N) is 3. The van der Waals surface area contributed by atoms with Gasteiger partial charge in [0, 0.05) is 11.0 Å². The lowest BCUT2D eigenvalue weighted by Crippen LogP contribution is -1.94. The number of benzene rings is 1. The second kappa shape index (κ2) is 5.15. The summed E-state index contributed by atoms with van der Waals surface area (Å²) in [7, 11) is 0. The highest BCUT2D eigenvalue weighted by Crippen LogP contribution is 2.37. The first-order valence-electron chi connectivity index (χ1n) is 5.70. The SMILES string of the molecule is O=[N+]([O-])c1c(Sc2ccccc2Cl)nc2ccccn12. The molecule has 0 bridgehead atoms. The van der Waals surface area contributed by atoms with Crippen LogP contribution >= 0.6 is 23.4 Å². The van der Waals surface area contributed by atoms with Crippen LogP contribution in [0.15, 0.2) is 58.6 Å². The highest BCUT2D eigenvalue weighted by atomic mass is 35.5. The van der Waals surface area contributed by atoms with Crippen molar-refractivity contribution in [2.75, 3.05) is 0 Å². The Morgan fingerprint density at radius 3 is 2.70 bits per heavy atom. The fourth-order valence-corrected chi connectivity index (χ4v) is 3.00. The highest BCUT2D eigenvalue weighted by molar-refractivity contribution is 7.99. The van der Waals surface area contributed by atoms with Crippen LogP contribution in [0.25, 0.3) is 5.65 Å². The third-order valence-corrected chi connectivity index (χ3v) is 4.17. The van der Waals surface area contributed by atoms with Gasteiger partial charge >= 0.3 is 5.82 Å². The second-order valence-corrected chi connectivity index (χ2v) is 5.40. The fourth-order valence-electron chi connectivity index (χ4n) is 1.83. The van der Waals surface area contributed by atoms with Gasteiger partial charge in [-0.25, -0.2) is 0 Å². The molecule has 5 nitrogen and oxygen atoms in total. The van der Waals surface area contributed by atoms with Crippen molar-refractivity contribution in [1.29, 1.82) is 0 Å². The fraction of sp³-hybridized carbons (Fsp3) is 0. The van der Waals surface area contributed by atoms with Gasteiger partial charge in [-0.3, -0.25) is 0 Å². The van der Waals surface area contributed by atoms with Crippen LogP contribution in [0.5, 0.6) is 0 Å².